The van der Waals surface area contributed by atoms with Crippen molar-refractivity contribution in [3.05, 3.63) is 35.4 Å². The Balaban J connectivity index is 1.86. The first-order valence-corrected chi connectivity index (χ1v) is 9.87. The van der Waals surface area contributed by atoms with E-state index in [-0.39, 0.29) is 5.75 Å². The Kier molecular flexibility index (Phi) is 5.44. The van der Waals surface area contributed by atoms with Crippen LogP contribution >= 0.6 is 0 Å². The fourth-order valence-electron chi connectivity index (χ4n) is 3.43. The molecule has 0 heterocycles. The minimum atomic E-state index is -2.95. The molecule has 1 fully saturated rings. The standard InChI is InChI=1S/C17H27NO2S/c1-13-8-14(2)10-17(9-13)18-11-15-4-6-16(7-5-15)12-21(3,19)20/h4-7,13-14,17-18H,8-12H2,1-3H3. The molecule has 2 unspecified atom stereocenters. The maximum absolute atomic E-state index is 11.3. The highest BCUT2D eigenvalue weighted by Crippen LogP contribution is 2.28. The molecule has 0 saturated heterocycles. The number of sulfone groups is 1. The van der Waals surface area contributed by atoms with Crippen LogP contribution < -0.4 is 5.32 Å². The lowest BCUT2D eigenvalue weighted by molar-refractivity contribution is 0.238. The van der Waals surface area contributed by atoms with Crippen LogP contribution in [0.15, 0.2) is 24.3 Å². The zero-order valence-corrected chi connectivity index (χ0v) is 14.1. The first-order chi connectivity index (χ1) is 9.82. The first-order valence-electron chi connectivity index (χ1n) is 7.81. The topological polar surface area (TPSA) is 46.2 Å². The average Bonchev–Trinajstić information content (AvgIpc) is 2.35. The molecule has 21 heavy (non-hydrogen) atoms. The van der Waals surface area contributed by atoms with Gasteiger partial charge in [-0.2, -0.15) is 0 Å². The van der Waals surface area contributed by atoms with E-state index in [0.717, 1.165) is 23.9 Å². The van der Waals surface area contributed by atoms with Crippen LogP contribution in [0.2, 0.25) is 0 Å². The summed E-state index contributed by atoms with van der Waals surface area (Å²) in [6.07, 6.45) is 5.14. The Labute approximate surface area is 129 Å². The van der Waals surface area contributed by atoms with Gasteiger partial charge >= 0.3 is 0 Å². The Morgan fingerprint density at radius 1 is 1.00 bits per heavy atom. The van der Waals surface area contributed by atoms with Crippen LogP contribution in [-0.4, -0.2) is 20.7 Å². The lowest BCUT2D eigenvalue weighted by Crippen LogP contribution is -2.35. The Morgan fingerprint density at radius 3 is 2.05 bits per heavy atom. The Bertz CT molecular complexity index is 541. The maximum atomic E-state index is 11.3. The lowest BCUT2D eigenvalue weighted by atomic mass is 9.80. The van der Waals surface area contributed by atoms with Crippen LogP contribution in [0.5, 0.6) is 0 Å². The van der Waals surface area contributed by atoms with Gasteiger partial charge in [-0.3, -0.25) is 0 Å². The molecule has 1 saturated carbocycles. The molecule has 0 amide bonds. The SMILES string of the molecule is CC1CC(C)CC(NCc2ccc(CS(C)(=O)=O)cc2)C1. The lowest BCUT2D eigenvalue weighted by Gasteiger charge is -2.32. The highest BCUT2D eigenvalue weighted by atomic mass is 32.2. The van der Waals surface area contributed by atoms with E-state index in [4.69, 9.17) is 0 Å². The maximum Gasteiger partial charge on any atom is 0.151 e. The van der Waals surface area contributed by atoms with Gasteiger partial charge in [0, 0.05) is 18.8 Å². The smallest absolute Gasteiger partial charge is 0.151 e. The number of hydrogen-bond donors (Lipinski definition) is 1. The molecule has 1 aromatic carbocycles. The molecule has 1 aromatic rings. The van der Waals surface area contributed by atoms with E-state index in [0.29, 0.717) is 6.04 Å². The summed E-state index contributed by atoms with van der Waals surface area (Å²) < 4.78 is 22.5. The number of nitrogens with one attached hydrogen (secondary N) is 1. The number of hydrogen-bond acceptors (Lipinski definition) is 3. The van der Waals surface area contributed by atoms with Gasteiger partial charge in [-0.15, -0.1) is 0 Å². The molecule has 3 nitrogen and oxygen atoms in total. The van der Waals surface area contributed by atoms with Crippen molar-refractivity contribution in [1.82, 2.24) is 5.32 Å². The van der Waals surface area contributed by atoms with E-state index in [2.05, 4.69) is 19.2 Å². The van der Waals surface area contributed by atoms with Crippen LogP contribution in [0, 0.1) is 11.8 Å². The van der Waals surface area contributed by atoms with Gasteiger partial charge in [-0.1, -0.05) is 38.1 Å². The van der Waals surface area contributed by atoms with Crippen molar-refractivity contribution in [2.75, 3.05) is 6.26 Å². The minimum Gasteiger partial charge on any atom is -0.310 e. The summed E-state index contributed by atoms with van der Waals surface area (Å²) >= 11 is 0. The summed E-state index contributed by atoms with van der Waals surface area (Å²) in [4.78, 5) is 0. The largest absolute Gasteiger partial charge is 0.310 e. The van der Waals surface area contributed by atoms with Gasteiger partial charge in [-0.25, -0.2) is 8.42 Å². The van der Waals surface area contributed by atoms with E-state index < -0.39 is 9.84 Å². The summed E-state index contributed by atoms with van der Waals surface area (Å²) in [5.41, 5.74) is 2.08. The van der Waals surface area contributed by atoms with Crippen molar-refractivity contribution in [2.45, 2.75) is 51.4 Å². The molecule has 118 valence electrons. The van der Waals surface area contributed by atoms with E-state index in [1.165, 1.54) is 31.1 Å². The second kappa shape index (κ2) is 6.93. The van der Waals surface area contributed by atoms with Gasteiger partial charge in [-0.05, 0) is 42.2 Å². The molecule has 1 aliphatic carbocycles. The Morgan fingerprint density at radius 2 is 1.52 bits per heavy atom. The van der Waals surface area contributed by atoms with Gasteiger partial charge in [0.25, 0.3) is 0 Å². The van der Waals surface area contributed by atoms with E-state index >= 15 is 0 Å². The summed E-state index contributed by atoms with van der Waals surface area (Å²) in [5, 5.41) is 3.65. The number of benzene rings is 1. The van der Waals surface area contributed by atoms with Crippen molar-refractivity contribution < 1.29 is 8.42 Å². The van der Waals surface area contributed by atoms with Gasteiger partial charge in [0.1, 0.15) is 0 Å². The average molecular weight is 309 g/mol. The van der Waals surface area contributed by atoms with Crippen LogP contribution in [0.25, 0.3) is 0 Å². The molecule has 4 heteroatoms. The third kappa shape index (κ3) is 5.79. The van der Waals surface area contributed by atoms with Gasteiger partial charge in [0.15, 0.2) is 9.84 Å². The van der Waals surface area contributed by atoms with Crippen molar-refractivity contribution in [3.63, 3.8) is 0 Å². The zero-order chi connectivity index (χ0) is 15.5. The fourth-order valence-corrected chi connectivity index (χ4v) is 4.23. The fraction of sp³-hybridized carbons (Fsp3) is 0.647. The first kappa shape index (κ1) is 16.5. The molecule has 1 N–H and O–H groups in total. The van der Waals surface area contributed by atoms with Gasteiger partial charge < -0.3 is 5.32 Å². The van der Waals surface area contributed by atoms with Crippen molar-refractivity contribution >= 4 is 9.84 Å². The highest BCUT2D eigenvalue weighted by Gasteiger charge is 2.23. The molecular formula is C17H27NO2S. The van der Waals surface area contributed by atoms with Crippen molar-refractivity contribution in [3.8, 4) is 0 Å². The highest BCUT2D eigenvalue weighted by molar-refractivity contribution is 7.89. The van der Waals surface area contributed by atoms with E-state index in [1.54, 1.807) is 0 Å². The molecule has 0 spiro atoms. The second-order valence-corrected chi connectivity index (χ2v) is 9.02. The molecule has 2 rings (SSSR count). The second-order valence-electron chi connectivity index (χ2n) is 6.88. The summed E-state index contributed by atoms with van der Waals surface area (Å²) in [6.45, 7) is 5.54. The predicted molar refractivity (Wildman–Crippen MR) is 87.8 cm³/mol. The summed E-state index contributed by atoms with van der Waals surface area (Å²) in [7, 11) is -2.95. The molecule has 2 atom stereocenters. The predicted octanol–water partition coefficient (Wildman–Crippen LogP) is 3.15. The molecule has 0 aliphatic heterocycles. The molecule has 0 aromatic heterocycles. The monoisotopic (exact) mass is 309 g/mol. The molecule has 0 bridgehead atoms. The molecular weight excluding hydrogens is 282 g/mol. The molecule has 1 aliphatic rings. The van der Waals surface area contributed by atoms with Crippen LogP contribution in [0.4, 0.5) is 0 Å². The van der Waals surface area contributed by atoms with Crippen LogP contribution in [0.1, 0.15) is 44.2 Å². The normalized spacial score (nSPS) is 26.7. The third-order valence-electron chi connectivity index (χ3n) is 4.23. The van der Waals surface area contributed by atoms with Crippen LogP contribution in [-0.2, 0) is 22.1 Å². The summed E-state index contributed by atoms with van der Waals surface area (Å²) in [6, 6.07) is 8.51. The molecule has 0 radical (unpaired) electrons. The minimum absolute atomic E-state index is 0.123. The summed E-state index contributed by atoms with van der Waals surface area (Å²) in [5.74, 6) is 1.74. The van der Waals surface area contributed by atoms with Gasteiger partial charge in [0.05, 0.1) is 5.75 Å². The third-order valence-corrected chi connectivity index (χ3v) is 5.08. The van der Waals surface area contributed by atoms with Gasteiger partial charge in [0.2, 0.25) is 0 Å². The van der Waals surface area contributed by atoms with Crippen LogP contribution in [0.3, 0.4) is 0 Å². The van der Waals surface area contributed by atoms with Crippen molar-refractivity contribution in [1.29, 1.82) is 0 Å². The Hall–Kier alpha value is -0.870. The number of rotatable bonds is 5. The van der Waals surface area contributed by atoms with Crippen molar-refractivity contribution in [2.24, 2.45) is 11.8 Å². The quantitative estimate of drug-likeness (QED) is 0.909. The van der Waals surface area contributed by atoms with E-state index in [1.807, 2.05) is 24.3 Å². The van der Waals surface area contributed by atoms with E-state index in [9.17, 15) is 8.42 Å². The zero-order valence-electron chi connectivity index (χ0n) is 13.3.